The molecule has 0 heterocycles. The van der Waals surface area contributed by atoms with Crippen LogP contribution < -0.4 is 10.1 Å². The van der Waals surface area contributed by atoms with Gasteiger partial charge in [-0.15, -0.1) is 0 Å². The van der Waals surface area contributed by atoms with Crippen molar-refractivity contribution < 1.29 is 27.8 Å². The molecule has 0 aliphatic rings. The van der Waals surface area contributed by atoms with Crippen LogP contribution in [0.4, 0.5) is 14.5 Å². The largest absolute Gasteiger partial charge is 0.479 e. The number of para-hydroxylation sites is 1. The molecule has 2 aromatic carbocycles. The van der Waals surface area contributed by atoms with E-state index in [1.807, 2.05) is 0 Å². The summed E-state index contributed by atoms with van der Waals surface area (Å²) in [4.78, 5) is 23.4. The third-order valence-corrected chi connectivity index (χ3v) is 2.94. The monoisotopic (exact) mass is 335 g/mol. The second-order valence-electron chi connectivity index (χ2n) is 4.85. The Kier molecular flexibility index (Phi) is 5.83. The lowest BCUT2D eigenvalue weighted by Gasteiger charge is -2.14. The van der Waals surface area contributed by atoms with Crippen LogP contribution in [-0.2, 0) is 14.3 Å². The van der Waals surface area contributed by atoms with Gasteiger partial charge in [0.25, 0.3) is 5.91 Å². The zero-order valence-electron chi connectivity index (χ0n) is 12.8. The normalized spacial score (nSPS) is 11.5. The van der Waals surface area contributed by atoms with Crippen molar-refractivity contribution in [2.24, 2.45) is 0 Å². The molecule has 5 nitrogen and oxygen atoms in total. The van der Waals surface area contributed by atoms with Gasteiger partial charge in [-0.1, -0.05) is 18.2 Å². The summed E-state index contributed by atoms with van der Waals surface area (Å²) in [7, 11) is 0. The zero-order chi connectivity index (χ0) is 17.5. The van der Waals surface area contributed by atoms with Gasteiger partial charge in [0.2, 0.25) is 0 Å². The summed E-state index contributed by atoms with van der Waals surface area (Å²) in [5.74, 6) is -2.56. The van der Waals surface area contributed by atoms with E-state index >= 15 is 0 Å². The van der Waals surface area contributed by atoms with E-state index in [9.17, 15) is 18.4 Å². The molecule has 0 saturated carbocycles. The van der Waals surface area contributed by atoms with Crippen LogP contribution in [0.15, 0.2) is 48.5 Å². The van der Waals surface area contributed by atoms with Crippen LogP contribution in [-0.4, -0.2) is 24.6 Å². The average molecular weight is 335 g/mol. The van der Waals surface area contributed by atoms with Crippen LogP contribution >= 0.6 is 0 Å². The number of hydrogen-bond donors (Lipinski definition) is 1. The minimum absolute atomic E-state index is 0.329. The number of benzene rings is 2. The van der Waals surface area contributed by atoms with Gasteiger partial charge in [0.15, 0.2) is 12.7 Å². The summed E-state index contributed by atoms with van der Waals surface area (Å²) in [6.45, 7) is 0.830. The second kappa shape index (κ2) is 8.05. The molecule has 24 heavy (non-hydrogen) atoms. The summed E-state index contributed by atoms with van der Waals surface area (Å²) in [5.41, 5.74) is -0.329. The van der Waals surface area contributed by atoms with Crippen molar-refractivity contribution in [1.29, 1.82) is 0 Å². The van der Waals surface area contributed by atoms with Crippen molar-refractivity contribution in [1.82, 2.24) is 0 Å². The minimum Gasteiger partial charge on any atom is -0.479 e. The lowest BCUT2D eigenvalue weighted by Crippen LogP contribution is -2.29. The fourth-order valence-corrected chi connectivity index (χ4v) is 1.78. The van der Waals surface area contributed by atoms with Gasteiger partial charge in [0.05, 0.1) is 5.69 Å². The summed E-state index contributed by atoms with van der Waals surface area (Å²) < 4.78 is 36.5. The van der Waals surface area contributed by atoms with Gasteiger partial charge in [-0.2, -0.15) is 0 Å². The van der Waals surface area contributed by atoms with Crippen molar-refractivity contribution in [2.45, 2.75) is 13.0 Å². The van der Waals surface area contributed by atoms with Crippen LogP contribution in [0.2, 0.25) is 0 Å². The number of nitrogens with one attached hydrogen (secondary N) is 1. The molecule has 0 aliphatic heterocycles. The summed E-state index contributed by atoms with van der Waals surface area (Å²) in [6.07, 6.45) is -0.925. The van der Waals surface area contributed by atoms with Crippen molar-refractivity contribution >= 4 is 17.6 Å². The molecular formula is C17H15F2NO4. The molecule has 2 aromatic rings. The number of carbonyl (C=O) groups is 2. The molecule has 1 N–H and O–H groups in total. The van der Waals surface area contributed by atoms with E-state index in [1.54, 1.807) is 30.3 Å². The molecule has 126 valence electrons. The third-order valence-electron chi connectivity index (χ3n) is 2.94. The molecule has 1 unspecified atom stereocenters. The molecular weight excluding hydrogens is 320 g/mol. The molecule has 7 heteroatoms. The van der Waals surface area contributed by atoms with Gasteiger partial charge in [0.1, 0.15) is 17.4 Å². The SMILES string of the molecule is CC(Oc1ccccc1)C(=O)OCC(=O)Nc1cc(F)ccc1F. The maximum atomic E-state index is 13.4. The maximum Gasteiger partial charge on any atom is 0.347 e. The third kappa shape index (κ3) is 5.05. The number of halogens is 2. The molecule has 0 saturated heterocycles. The predicted molar refractivity (Wildman–Crippen MR) is 82.5 cm³/mol. The topological polar surface area (TPSA) is 64.6 Å². The number of carbonyl (C=O) groups excluding carboxylic acids is 2. The molecule has 0 spiro atoms. The van der Waals surface area contributed by atoms with E-state index < -0.39 is 36.2 Å². The minimum atomic E-state index is -0.925. The van der Waals surface area contributed by atoms with Gasteiger partial charge < -0.3 is 14.8 Å². The van der Waals surface area contributed by atoms with Gasteiger partial charge in [-0.3, -0.25) is 4.79 Å². The molecule has 2 rings (SSSR count). The Morgan fingerprint density at radius 3 is 2.54 bits per heavy atom. The molecule has 0 aliphatic carbocycles. The molecule has 0 bridgehead atoms. The van der Waals surface area contributed by atoms with E-state index in [2.05, 4.69) is 5.32 Å². The number of ether oxygens (including phenoxy) is 2. The smallest absolute Gasteiger partial charge is 0.347 e. The Balaban J connectivity index is 1.82. The summed E-state index contributed by atoms with van der Waals surface area (Å²) in [5, 5.41) is 2.12. The van der Waals surface area contributed by atoms with E-state index in [0.29, 0.717) is 5.75 Å². The van der Waals surface area contributed by atoms with Crippen LogP contribution in [0.3, 0.4) is 0 Å². The number of esters is 1. The molecule has 1 amide bonds. The van der Waals surface area contributed by atoms with Gasteiger partial charge in [0, 0.05) is 6.07 Å². The highest BCUT2D eigenvalue weighted by molar-refractivity contribution is 5.93. The lowest BCUT2D eigenvalue weighted by atomic mass is 10.3. The van der Waals surface area contributed by atoms with Gasteiger partial charge in [-0.25, -0.2) is 13.6 Å². The Bertz CT molecular complexity index is 722. The maximum absolute atomic E-state index is 13.4. The molecule has 0 radical (unpaired) electrons. The fraction of sp³-hybridized carbons (Fsp3) is 0.176. The van der Waals surface area contributed by atoms with Crippen LogP contribution in [0.1, 0.15) is 6.92 Å². The first-order chi connectivity index (χ1) is 11.5. The van der Waals surface area contributed by atoms with Gasteiger partial charge >= 0.3 is 5.97 Å². The Morgan fingerprint density at radius 2 is 1.83 bits per heavy atom. The second-order valence-corrected chi connectivity index (χ2v) is 4.85. The first-order valence-electron chi connectivity index (χ1n) is 7.09. The van der Waals surface area contributed by atoms with Gasteiger partial charge in [-0.05, 0) is 31.2 Å². The summed E-state index contributed by atoms with van der Waals surface area (Å²) >= 11 is 0. The Hall–Kier alpha value is -2.96. The zero-order valence-corrected chi connectivity index (χ0v) is 12.8. The Labute approximate surface area is 137 Å². The molecule has 0 fully saturated rings. The van der Waals surface area contributed by atoms with Crippen molar-refractivity contribution in [2.75, 3.05) is 11.9 Å². The van der Waals surface area contributed by atoms with E-state index in [-0.39, 0.29) is 5.69 Å². The molecule has 1 atom stereocenters. The predicted octanol–water partition coefficient (Wildman–Crippen LogP) is 2.91. The highest BCUT2D eigenvalue weighted by atomic mass is 19.1. The molecule has 0 aromatic heterocycles. The first kappa shape index (κ1) is 17.4. The fourth-order valence-electron chi connectivity index (χ4n) is 1.78. The van der Waals surface area contributed by atoms with Crippen molar-refractivity contribution in [3.05, 3.63) is 60.2 Å². The highest BCUT2D eigenvalue weighted by Gasteiger charge is 2.18. The number of rotatable bonds is 6. The number of amides is 1. The lowest BCUT2D eigenvalue weighted by molar-refractivity contribution is -0.153. The van der Waals surface area contributed by atoms with E-state index in [4.69, 9.17) is 9.47 Å². The van der Waals surface area contributed by atoms with Crippen molar-refractivity contribution in [3.8, 4) is 5.75 Å². The van der Waals surface area contributed by atoms with Crippen LogP contribution in [0.5, 0.6) is 5.75 Å². The number of hydrogen-bond acceptors (Lipinski definition) is 4. The van der Waals surface area contributed by atoms with Crippen LogP contribution in [0.25, 0.3) is 0 Å². The number of anilines is 1. The Morgan fingerprint density at radius 1 is 1.12 bits per heavy atom. The first-order valence-corrected chi connectivity index (χ1v) is 7.09. The van der Waals surface area contributed by atoms with E-state index in [1.165, 1.54) is 6.92 Å². The van der Waals surface area contributed by atoms with Crippen molar-refractivity contribution in [3.63, 3.8) is 0 Å². The summed E-state index contributed by atoms with van der Waals surface area (Å²) in [6, 6.07) is 11.3. The van der Waals surface area contributed by atoms with E-state index in [0.717, 1.165) is 18.2 Å². The standard InChI is InChI=1S/C17H15F2NO4/c1-11(24-13-5-3-2-4-6-13)17(22)23-10-16(21)20-15-9-12(18)7-8-14(15)19/h2-9,11H,10H2,1H3,(H,20,21). The highest BCUT2D eigenvalue weighted by Crippen LogP contribution is 2.15. The van der Waals surface area contributed by atoms with Crippen LogP contribution in [0, 0.1) is 11.6 Å². The average Bonchev–Trinajstić information content (AvgIpc) is 2.57. The quantitative estimate of drug-likeness (QED) is 0.825.